The highest BCUT2D eigenvalue weighted by molar-refractivity contribution is 6.00. The van der Waals surface area contributed by atoms with E-state index in [2.05, 4.69) is 10.3 Å². The highest BCUT2D eigenvalue weighted by Crippen LogP contribution is 2.25. The third kappa shape index (κ3) is 4.78. The van der Waals surface area contributed by atoms with Crippen molar-refractivity contribution in [3.63, 3.8) is 0 Å². The molecule has 0 saturated carbocycles. The normalized spacial score (nSPS) is 10.3. The molecule has 10 heteroatoms. The molecule has 0 aliphatic carbocycles. The molecule has 10 nitrogen and oxygen atoms in total. The van der Waals surface area contributed by atoms with Gasteiger partial charge in [0, 0.05) is 11.8 Å². The van der Waals surface area contributed by atoms with E-state index < -0.39 is 29.4 Å². The number of hydrogen-bond acceptors (Lipinski definition) is 7. The molecule has 2 aromatic rings. The van der Waals surface area contributed by atoms with Crippen LogP contribution in [0.25, 0.3) is 0 Å². The maximum Gasteiger partial charge on any atom is 0.355 e. The number of carbonyl (C=O) groups excluding carboxylic acids is 3. The Balaban J connectivity index is 2.10. The van der Waals surface area contributed by atoms with E-state index >= 15 is 0 Å². The summed E-state index contributed by atoms with van der Waals surface area (Å²) in [6.07, 6.45) is 0.454. The molecule has 2 rings (SSSR count). The lowest BCUT2D eigenvalue weighted by Gasteiger charge is -2.08. The average molecular weight is 403 g/mol. The molecule has 0 aliphatic rings. The highest BCUT2D eigenvalue weighted by Gasteiger charge is 2.25. The molecule has 154 valence electrons. The van der Waals surface area contributed by atoms with E-state index in [9.17, 15) is 24.5 Å². The number of nitrogens with one attached hydrogen (secondary N) is 2. The Labute approximate surface area is 166 Å². The number of aromatic nitrogens is 1. The van der Waals surface area contributed by atoms with Crippen molar-refractivity contribution >= 4 is 29.2 Å². The van der Waals surface area contributed by atoms with Gasteiger partial charge in [0.1, 0.15) is 11.4 Å². The summed E-state index contributed by atoms with van der Waals surface area (Å²) < 4.78 is 9.71. The van der Waals surface area contributed by atoms with Gasteiger partial charge in [0.25, 0.3) is 11.6 Å². The van der Waals surface area contributed by atoms with Crippen molar-refractivity contribution in [2.75, 3.05) is 19.0 Å². The topological polar surface area (TPSA) is 141 Å². The molecule has 0 saturated heterocycles. The average Bonchev–Trinajstić information content (AvgIpc) is 3.03. The van der Waals surface area contributed by atoms with Crippen molar-refractivity contribution in [1.82, 2.24) is 4.98 Å². The van der Waals surface area contributed by atoms with Crippen LogP contribution in [0.2, 0.25) is 0 Å². The Kier molecular flexibility index (Phi) is 6.71. The predicted octanol–water partition coefficient (Wildman–Crippen LogP) is 2.68. The number of aromatic amines is 1. The van der Waals surface area contributed by atoms with Gasteiger partial charge in [-0.1, -0.05) is 13.0 Å². The minimum Gasteiger partial charge on any atom is -0.465 e. The molecule has 0 spiro atoms. The van der Waals surface area contributed by atoms with E-state index in [4.69, 9.17) is 9.47 Å². The Morgan fingerprint density at radius 2 is 1.90 bits per heavy atom. The number of aryl methyl sites for hydroxylation is 2. The quantitative estimate of drug-likeness (QED) is 0.411. The summed E-state index contributed by atoms with van der Waals surface area (Å²) in [5.41, 5.74) is 1.56. The van der Waals surface area contributed by atoms with E-state index in [1.165, 1.54) is 19.2 Å². The molecular formula is C19H21N3O7. The predicted molar refractivity (Wildman–Crippen MR) is 103 cm³/mol. The van der Waals surface area contributed by atoms with Crippen LogP contribution in [-0.4, -0.2) is 41.5 Å². The van der Waals surface area contributed by atoms with Gasteiger partial charge in [0.05, 0.1) is 17.6 Å². The summed E-state index contributed by atoms with van der Waals surface area (Å²) in [5, 5.41) is 13.5. The Hall–Kier alpha value is -3.69. The summed E-state index contributed by atoms with van der Waals surface area (Å²) >= 11 is 0. The largest absolute Gasteiger partial charge is 0.465 e. The summed E-state index contributed by atoms with van der Waals surface area (Å²) in [4.78, 5) is 49.7. The second-order valence-corrected chi connectivity index (χ2v) is 6.23. The molecule has 1 aromatic carbocycles. The van der Waals surface area contributed by atoms with Gasteiger partial charge >= 0.3 is 11.9 Å². The fraction of sp³-hybridized carbons (Fsp3) is 0.316. The number of nitro benzene ring substituents is 1. The first-order valence-corrected chi connectivity index (χ1v) is 8.71. The van der Waals surface area contributed by atoms with Crippen LogP contribution in [0.1, 0.15) is 44.6 Å². The van der Waals surface area contributed by atoms with E-state index in [1.807, 2.05) is 0 Å². The molecule has 0 radical (unpaired) electrons. The number of nitrogens with zero attached hydrogens (tertiary/aromatic N) is 1. The first-order chi connectivity index (χ1) is 13.7. The number of H-pyrrole nitrogens is 1. The molecule has 0 aliphatic heterocycles. The lowest BCUT2D eigenvalue weighted by molar-refractivity contribution is -0.384. The van der Waals surface area contributed by atoms with Gasteiger partial charge in [-0.2, -0.15) is 0 Å². The van der Waals surface area contributed by atoms with Gasteiger partial charge in [-0.05, 0) is 37.5 Å². The van der Waals surface area contributed by atoms with E-state index in [1.54, 1.807) is 26.8 Å². The van der Waals surface area contributed by atoms with E-state index in [-0.39, 0.29) is 22.6 Å². The molecule has 1 amide bonds. The third-order valence-electron chi connectivity index (χ3n) is 4.23. The number of hydrogen-bond donors (Lipinski definition) is 2. The number of methoxy groups -OCH3 is 1. The summed E-state index contributed by atoms with van der Waals surface area (Å²) in [6.45, 7) is 4.40. The summed E-state index contributed by atoms with van der Waals surface area (Å²) in [6, 6.07) is 4.33. The Bertz CT molecular complexity index is 978. The van der Waals surface area contributed by atoms with Gasteiger partial charge in [-0.3, -0.25) is 14.9 Å². The number of rotatable bonds is 7. The smallest absolute Gasteiger partial charge is 0.355 e. The van der Waals surface area contributed by atoms with Crippen LogP contribution in [0.3, 0.4) is 0 Å². The number of benzene rings is 1. The van der Waals surface area contributed by atoms with Crippen LogP contribution in [0.5, 0.6) is 0 Å². The number of anilines is 1. The van der Waals surface area contributed by atoms with Gasteiger partial charge in [0.2, 0.25) is 0 Å². The Morgan fingerprint density at radius 3 is 2.48 bits per heavy atom. The van der Waals surface area contributed by atoms with Crippen LogP contribution in [-0.2, 0) is 20.7 Å². The molecule has 29 heavy (non-hydrogen) atoms. The van der Waals surface area contributed by atoms with Crippen LogP contribution in [0.15, 0.2) is 18.2 Å². The van der Waals surface area contributed by atoms with Gasteiger partial charge < -0.3 is 19.8 Å². The first kappa shape index (κ1) is 21.6. The zero-order valence-electron chi connectivity index (χ0n) is 16.5. The van der Waals surface area contributed by atoms with Crippen LogP contribution in [0.4, 0.5) is 11.4 Å². The standard InChI is InChI=1S/C19H21N3O7/c1-5-12-16(18(24)28-4)11(3)17(21-12)19(25)29-9-15(23)20-13-7-6-10(2)8-14(13)22(26)27/h6-8,21H,5,9H2,1-4H3,(H,20,23). The minimum atomic E-state index is -0.832. The number of carbonyl (C=O) groups is 3. The van der Waals surface area contributed by atoms with Crippen molar-refractivity contribution in [3.05, 3.63) is 56.4 Å². The van der Waals surface area contributed by atoms with Crippen molar-refractivity contribution in [3.8, 4) is 0 Å². The van der Waals surface area contributed by atoms with Crippen LogP contribution < -0.4 is 5.32 Å². The maximum atomic E-state index is 12.3. The van der Waals surface area contributed by atoms with Crippen LogP contribution in [0, 0.1) is 24.0 Å². The first-order valence-electron chi connectivity index (χ1n) is 8.71. The van der Waals surface area contributed by atoms with Crippen molar-refractivity contribution in [2.24, 2.45) is 0 Å². The summed E-state index contributed by atoms with van der Waals surface area (Å²) in [7, 11) is 1.24. The molecule has 0 bridgehead atoms. The molecule has 1 heterocycles. The summed E-state index contributed by atoms with van der Waals surface area (Å²) in [5.74, 6) is -2.15. The third-order valence-corrected chi connectivity index (χ3v) is 4.23. The van der Waals surface area contributed by atoms with E-state index in [0.717, 1.165) is 0 Å². The maximum absolute atomic E-state index is 12.3. The van der Waals surface area contributed by atoms with Gasteiger partial charge in [0.15, 0.2) is 6.61 Å². The number of ether oxygens (including phenoxy) is 2. The van der Waals surface area contributed by atoms with Crippen molar-refractivity contribution in [1.29, 1.82) is 0 Å². The number of esters is 2. The minimum absolute atomic E-state index is 0.000972. The van der Waals surface area contributed by atoms with Gasteiger partial charge in [-0.15, -0.1) is 0 Å². The molecule has 2 N–H and O–H groups in total. The molecular weight excluding hydrogens is 382 g/mol. The lowest BCUT2D eigenvalue weighted by atomic mass is 10.1. The fourth-order valence-electron chi connectivity index (χ4n) is 2.79. The van der Waals surface area contributed by atoms with E-state index in [0.29, 0.717) is 23.2 Å². The number of nitro groups is 1. The molecule has 0 fully saturated rings. The SMILES string of the molecule is CCc1[nH]c(C(=O)OCC(=O)Nc2ccc(C)cc2[N+](=O)[O-])c(C)c1C(=O)OC. The Morgan fingerprint density at radius 1 is 1.21 bits per heavy atom. The second-order valence-electron chi connectivity index (χ2n) is 6.23. The molecule has 1 aromatic heterocycles. The fourth-order valence-corrected chi connectivity index (χ4v) is 2.79. The van der Waals surface area contributed by atoms with Crippen LogP contribution >= 0.6 is 0 Å². The van der Waals surface area contributed by atoms with Gasteiger partial charge in [-0.25, -0.2) is 9.59 Å². The number of amides is 1. The second kappa shape index (κ2) is 9.00. The monoisotopic (exact) mass is 403 g/mol. The van der Waals surface area contributed by atoms with Crippen molar-refractivity contribution in [2.45, 2.75) is 27.2 Å². The lowest BCUT2D eigenvalue weighted by Crippen LogP contribution is -2.22. The zero-order valence-corrected chi connectivity index (χ0v) is 16.5. The van der Waals surface area contributed by atoms with Crippen molar-refractivity contribution < 1.29 is 28.8 Å². The highest BCUT2D eigenvalue weighted by atomic mass is 16.6. The molecule has 0 atom stereocenters. The molecule has 0 unspecified atom stereocenters. The zero-order chi connectivity index (χ0) is 21.7.